The predicted molar refractivity (Wildman–Crippen MR) is 103 cm³/mol. The van der Waals surface area contributed by atoms with Gasteiger partial charge in [0.05, 0.1) is 5.25 Å². The second-order valence-corrected chi connectivity index (χ2v) is 9.13. The van der Waals surface area contributed by atoms with Crippen LogP contribution in [-0.4, -0.2) is 30.7 Å². The number of nitrogens with zero attached hydrogens (tertiary/aromatic N) is 1. The van der Waals surface area contributed by atoms with Crippen LogP contribution in [0, 0.1) is 5.92 Å². The first-order valence-electron chi connectivity index (χ1n) is 9.04. The number of hydrogen-bond donors (Lipinski definition) is 1. The summed E-state index contributed by atoms with van der Waals surface area (Å²) in [5.41, 5.74) is 2.78. The molecule has 27 heavy (non-hydrogen) atoms. The van der Waals surface area contributed by atoms with Crippen LogP contribution < -0.4 is 4.72 Å². The van der Waals surface area contributed by atoms with Crippen molar-refractivity contribution < 1.29 is 17.9 Å². The van der Waals surface area contributed by atoms with Crippen molar-refractivity contribution in [3.63, 3.8) is 0 Å². The van der Waals surface area contributed by atoms with Gasteiger partial charge in [0.2, 0.25) is 10.0 Å². The van der Waals surface area contributed by atoms with Crippen LogP contribution in [0.4, 0.5) is 0 Å². The van der Waals surface area contributed by atoms with Crippen molar-refractivity contribution in [1.29, 1.82) is 0 Å². The second-order valence-electron chi connectivity index (χ2n) is 7.13. The monoisotopic (exact) mass is 388 g/mol. The van der Waals surface area contributed by atoms with Gasteiger partial charge in [0.15, 0.2) is 0 Å². The highest BCUT2D eigenvalue weighted by molar-refractivity contribution is 7.90. The molecule has 1 N–H and O–H groups in total. The van der Waals surface area contributed by atoms with E-state index in [0.717, 1.165) is 16.7 Å². The highest BCUT2D eigenvalue weighted by Gasteiger charge is 2.39. The molecular formula is C20H24N2O4S. The number of rotatable bonds is 8. The standard InChI is InChI=1S/C20H24N2O4S/c1-14(2)19(22-27(24,25)18-8-9-18)20(23)26-13-15-5-3-6-16(11-15)17-7-4-10-21-12-17/h3-7,10-12,14,18-19,22H,8-9,13H2,1-2H3/t19-/m1/s1. The van der Waals surface area contributed by atoms with E-state index in [-0.39, 0.29) is 17.8 Å². The Balaban J connectivity index is 1.65. The Hall–Kier alpha value is -2.25. The Labute approximate surface area is 160 Å². The molecule has 1 aliphatic rings. The van der Waals surface area contributed by atoms with Crippen LogP contribution in [0.1, 0.15) is 32.3 Å². The molecule has 0 unspecified atom stereocenters. The number of hydrogen-bond acceptors (Lipinski definition) is 5. The van der Waals surface area contributed by atoms with E-state index in [1.807, 2.05) is 36.4 Å². The number of sulfonamides is 1. The maximum absolute atomic E-state index is 12.5. The summed E-state index contributed by atoms with van der Waals surface area (Å²) in [6, 6.07) is 10.6. The van der Waals surface area contributed by atoms with Gasteiger partial charge in [-0.3, -0.25) is 9.78 Å². The topological polar surface area (TPSA) is 85.4 Å². The van der Waals surface area contributed by atoms with Crippen LogP contribution in [0.5, 0.6) is 0 Å². The molecule has 1 aromatic heterocycles. The largest absolute Gasteiger partial charge is 0.460 e. The van der Waals surface area contributed by atoms with Gasteiger partial charge >= 0.3 is 5.97 Å². The zero-order chi connectivity index (χ0) is 19.4. The minimum Gasteiger partial charge on any atom is -0.460 e. The normalized spacial score (nSPS) is 15.5. The minimum atomic E-state index is -3.46. The Morgan fingerprint density at radius 1 is 1.22 bits per heavy atom. The van der Waals surface area contributed by atoms with E-state index in [0.29, 0.717) is 12.8 Å². The van der Waals surface area contributed by atoms with Crippen molar-refractivity contribution in [2.45, 2.75) is 44.6 Å². The average Bonchev–Trinajstić information content (AvgIpc) is 3.51. The van der Waals surface area contributed by atoms with Crippen LogP contribution in [0.15, 0.2) is 48.8 Å². The van der Waals surface area contributed by atoms with Crippen LogP contribution >= 0.6 is 0 Å². The Bertz CT molecular complexity index is 893. The van der Waals surface area contributed by atoms with E-state index in [2.05, 4.69) is 9.71 Å². The number of aromatic nitrogens is 1. The molecule has 144 valence electrons. The third-order valence-electron chi connectivity index (χ3n) is 4.48. The zero-order valence-electron chi connectivity index (χ0n) is 15.5. The van der Waals surface area contributed by atoms with E-state index in [9.17, 15) is 13.2 Å². The summed E-state index contributed by atoms with van der Waals surface area (Å²) in [5.74, 6) is -0.756. The van der Waals surface area contributed by atoms with Crippen LogP contribution in [0.25, 0.3) is 11.1 Å². The van der Waals surface area contributed by atoms with Crippen molar-refractivity contribution in [3.05, 3.63) is 54.4 Å². The fourth-order valence-electron chi connectivity index (χ4n) is 2.73. The highest BCUT2D eigenvalue weighted by Crippen LogP contribution is 2.28. The van der Waals surface area contributed by atoms with Gasteiger partial charge in [-0.25, -0.2) is 13.1 Å². The maximum Gasteiger partial charge on any atom is 0.324 e. The molecule has 0 bridgehead atoms. The molecule has 3 rings (SSSR count). The molecule has 1 atom stereocenters. The van der Waals surface area contributed by atoms with Gasteiger partial charge in [-0.05, 0) is 47.6 Å². The lowest BCUT2D eigenvalue weighted by atomic mass is 10.0. The van der Waals surface area contributed by atoms with Gasteiger partial charge in [0.25, 0.3) is 0 Å². The van der Waals surface area contributed by atoms with Gasteiger partial charge in [-0.1, -0.05) is 38.1 Å². The van der Waals surface area contributed by atoms with Crippen LogP contribution in [0.2, 0.25) is 0 Å². The van der Waals surface area contributed by atoms with Crippen molar-refractivity contribution in [3.8, 4) is 11.1 Å². The molecule has 0 radical (unpaired) electrons. The summed E-state index contributed by atoms with van der Waals surface area (Å²) in [7, 11) is -3.46. The third kappa shape index (κ3) is 5.14. The third-order valence-corrected chi connectivity index (χ3v) is 6.41. The summed E-state index contributed by atoms with van der Waals surface area (Å²) in [6.07, 6.45) is 4.78. The van der Waals surface area contributed by atoms with Crippen molar-refractivity contribution in [2.24, 2.45) is 5.92 Å². The molecule has 1 saturated carbocycles. The lowest BCUT2D eigenvalue weighted by Gasteiger charge is -2.20. The number of nitrogens with one attached hydrogen (secondary N) is 1. The van der Waals surface area contributed by atoms with Gasteiger partial charge < -0.3 is 4.74 Å². The number of carbonyl (C=O) groups is 1. The van der Waals surface area contributed by atoms with Gasteiger partial charge in [0.1, 0.15) is 12.6 Å². The molecule has 2 aromatic rings. The summed E-state index contributed by atoms with van der Waals surface area (Å²) < 4.78 is 32.3. The molecule has 0 aliphatic heterocycles. The number of ether oxygens (including phenoxy) is 1. The zero-order valence-corrected chi connectivity index (χ0v) is 16.3. The van der Waals surface area contributed by atoms with Crippen LogP contribution in [0.3, 0.4) is 0 Å². The Morgan fingerprint density at radius 2 is 1.96 bits per heavy atom. The predicted octanol–water partition coefficient (Wildman–Crippen LogP) is 2.90. The number of benzene rings is 1. The fraction of sp³-hybridized carbons (Fsp3) is 0.400. The molecule has 1 aliphatic carbocycles. The molecule has 0 saturated heterocycles. The molecule has 0 amide bonds. The molecule has 1 aromatic carbocycles. The lowest BCUT2D eigenvalue weighted by molar-refractivity contribution is -0.148. The fourth-order valence-corrected chi connectivity index (χ4v) is 4.40. The van der Waals surface area contributed by atoms with Gasteiger partial charge in [-0.2, -0.15) is 0 Å². The molecule has 6 nitrogen and oxygen atoms in total. The van der Waals surface area contributed by atoms with Crippen LogP contribution in [-0.2, 0) is 26.2 Å². The Morgan fingerprint density at radius 3 is 2.59 bits per heavy atom. The van der Waals surface area contributed by atoms with Gasteiger partial charge in [0, 0.05) is 12.4 Å². The summed E-state index contributed by atoms with van der Waals surface area (Å²) >= 11 is 0. The highest BCUT2D eigenvalue weighted by atomic mass is 32.2. The quantitative estimate of drug-likeness (QED) is 0.703. The van der Waals surface area contributed by atoms with E-state index >= 15 is 0 Å². The SMILES string of the molecule is CC(C)[C@@H](NS(=O)(=O)C1CC1)C(=O)OCc1cccc(-c2cccnc2)c1. The van der Waals surface area contributed by atoms with Gasteiger partial charge in [-0.15, -0.1) is 0 Å². The lowest BCUT2D eigenvalue weighted by Crippen LogP contribution is -2.46. The number of carbonyl (C=O) groups excluding carboxylic acids is 1. The molecule has 1 heterocycles. The summed E-state index contributed by atoms with van der Waals surface area (Å²) in [5, 5.41) is -0.372. The van der Waals surface area contributed by atoms with E-state index < -0.39 is 22.0 Å². The summed E-state index contributed by atoms with van der Waals surface area (Å²) in [4.78, 5) is 16.6. The Kier molecular flexibility index (Phi) is 5.92. The molecule has 0 spiro atoms. The van der Waals surface area contributed by atoms with E-state index in [1.165, 1.54) is 0 Å². The smallest absolute Gasteiger partial charge is 0.324 e. The summed E-state index contributed by atoms with van der Waals surface area (Å²) in [6.45, 7) is 3.68. The number of pyridine rings is 1. The first kappa shape index (κ1) is 19.5. The van der Waals surface area contributed by atoms with E-state index in [1.54, 1.807) is 26.2 Å². The first-order valence-corrected chi connectivity index (χ1v) is 10.6. The molecule has 7 heteroatoms. The van der Waals surface area contributed by atoms with E-state index in [4.69, 9.17) is 4.74 Å². The first-order chi connectivity index (χ1) is 12.9. The number of esters is 1. The van der Waals surface area contributed by atoms with Crippen molar-refractivity contribution in [1.82, 2.24) is 9.71 Å². The van der Waals surface area contributed by atoms with Crippen molar-refractivity contribution >= 4 is 16.0 Å². The second kappa shape index (κ2) is 8.19. The maximum atomic E-state index is 12.5. The molecule has 1 fully saturated rings. The average molecular weight is 388 g/mol. The minimum absolute atomic E-state index is 0.0846. The molecular weight excluding hydrogens is 364 g/mol. The van der Waals surface area contributed by atoms with Crippen molar-refractivity contribution in [2.75, 3.05) is 0 Å².